The van der Waals surface area contributed by atoms with E-state index in [1.54, 1.807) is 6.26 Å². The second-order valence-electron chi connectivity index (χ2n) is 15.8. The van der Waals surface area contributed by atoms with Gasteiger partial charge in [0.2, 0.25) is 0 Å². The Morgan fingerprint density at radius 2 is 0.982 bits per heavy atom. The van der Waals surface area contributed by atoms with Crippen molar-refractivity contribution < 1.29 is 37.3 Å². The highest BCUT2D eigenvalue weighted by atomic mass is 31.2. The number of carbonyl (C=O) groups excluding carboxylic acids is 1. The fraction of sp³-hybridized carbons (Fsp3) is 0.688. The van der Waals surface area contributed by atoms with Crippen LogP contribution in [-0.4, -0.2) is 69.0 Å². The molecule has 0 aliphatic heterocycles. The van der Waals surface area contributed by atoms with E-state index in [9.17, 15) is 14.3 Å². The number of carbonyl (C=O) groups is 1. The molecular formula is C48H85NO7P+. The van der Waals surface area contributed by atoms with Gasteiger partial charge in [-0.1, -0.05) is 145 Å². The molecule has 1 N–H and O–H groups in total. The van der Waals surface area contributed by atoms with Crippen molar-refractivity contribution in [2.24, 2.45) is 0 Å². The van der Waals surface area contributed by atoms with Gasteiger partial charge in [0.1, 0.15) is 19.8 Å². The van der Waals surface area contributed by atoms with Crippen LogP contribution in [0.2, 0.25) is 0 Å². The highest BCUT2D eigenvalue weighted by Gasteiger charge is 2.25. The number of hydrogen-bond donors (Lipinski definition) is 1. The van der Waals surface area contributed by atoms with Gasteiger partial charge in [-0.25, -0.2) is 4.57 Å². The maximum atomic E-state index is 12.5. The predicted molar refractivity (Wildman–Crippen MR) is 242 cm³/mol. The zero-order chi connectivity index (χ0) is 42.0. The largest absolute Gasteiger partial charge is 0.492 e. The van der Waals surface area contributed by atoms with Crippen LogP contribution in [0.25, 0.3) is 0 Å². The number of likely N-dealkylation sites (N-methyl/N-ethyl adjacent to an activating group) is 1. The second kappa shape index (κ2) is 40.3. The first kappa shape index (κ1) is 54.5. The molecule has 9 heteroatoms. The number of hydrogen-bond acceptors (Lipinski definition) is 6. The Hall–Kier alpha value is -2.48. The average molecular weight is 819 g/mol. The summed E-state index contributed by atoms with van der Waals surface area (Å²) in [6, 6.07) is 0. The zero-order valence-electron chi connectivity index (χ0n) is 37.0. The third kappa shape index (κ3) is 44.5. The highest BCUT2D eigenvalue weighted by Crippen LogP contribution is 2.43. The number of phosphoric acid groups is 1. The number of quaternary nitrogens is 1. The summed E-state index contributed by atoms with van der Waals surface area (Å²) in [5, 5.41) is 0. The lowest BCUT2D eigenvalue weighted by Gasteiger charge is -2.24. The minimum Gasteiger partial charge on any atom is -0.492 e. The fourth-order valence-corrected chi connectivity index (χ4v) is 6.19. The number of phosphoric ester groups is 1. The molecule has 57 heavy (non-hydrogen) atoms. The third-order valence-electron chi connectivity index (χ3n) is 9.03. The summed E-state index contributed by atoms with van der Waals surface area (Å²) >= 11 is 0. The lowest BCUT2D eigenvalue weighted by molar-refractivity contribution is -0.870. The molecule has 0 saturated carbocycles. The molecule has 0 heterocycles. The Bertz CT molecular complexity index is 1180. The van der Waals surface area contributed by atoms with Gasteiger partial charge in [-0.15, -0.1) is 0 Å². The first-order chi connectivity index (χ1) is 27.6. The predicted octanol–water partition coefficient (Wildman–Crippen LogP) is 13.6. The van der Waals surface area contributed by atoms with E-state index < -0.39 is 13.9 Å². The molecule has 0 aromatic rings. The van der Waals surface area contributed by atoms with Gasteiger partial charge in [-0.3, -0.25) is 13.8 Å². The van der Waals surface area contributed by atoms with Crippen molar-refractivity contribution in [2.45, 2.75) is 168 Å². The van der Waals surface area contributed by atoms with Crippen molar-refractivity contribution >= 4 is 13.8 Å². The summed E-state index contributed by atoms with van der Waals surface area (Å²) in [7, 11) is 1.62. The molecule has 0 aromatic carbocycles. The molecule has 0 aliphatic rings. The Morgan fingerprint density at radius 3 is 1.51 bits per heavy atom. The SMILES string of the molecule is CCCCC/C=C\C/C=C\C/C=C\C/C=C\C/C=C\CCC(=O)OCC(COP(=O)(O)OCC[N+](C)(C)C)O/C=C\CCCCCCCC/C=C\CCCCCC. The monoisotopic (exact) mass is 819 g/mol. The number of ether oxygens (including phenoxy) is 2. The Labute approximate surface area is 350 Å². The Kier molecular flexibility index (Phi) is 38.6. The van der Waals surface area contributed by atoms with Crippen molar-refractivity contribution in [3.8, 4) is 0 Å². The van der Waals surface area contributed by atoms with E-state index in [4.69, 9.17) is 18.5 Å². The van der Waals surface area contributed by atoms with Crippen LogP contribution < -0.4 is 0 Å². The van der Waals surface area contributed by atoms with Crippen molar-refractivity contribution in [3.05, 3.63) is 85.3 Å². The minimum absolute atomic E-state index is 0.0733. The Morgan fingerprint density at radius 1 is 0.561 bits per heavy atom. The molecule has 0 radical (unpaired) electrons. The molecule has 0 bridgehead atoms. The number of unbranched alkanes of at least 4 members (excludes halogenated alkanes) is 14. The van der Waals surface area contributed by atoms with Gasteiger partial charge in [0.25, 0.3) is 0 Å². The summed E-state index contributed by atoms with van der Waals surface area (Å²) in [5.74, 6) is -0.361. The van der Waals surface area contributed by atoms with E-state index in [0.29, 0.717) is 17.4 Å². The molecule has 328 valence electrons. The summed E-state index contributed by atoms with van der Waals surface area (Å²) < 4.78 is 34.7. The maximum Gasteiger partial charge on any atom is 0.472 e. The van der Waals surface area contributed by atoms with E-state index in [0.717, 1.165) is 44.9 Å². The van der Waals surface area contributed by atoms with Crippen molar-refractivity contribution in [1.29, 1.82) is 0 Å². The lowest BCUT2D eigenvalue weighted by atomic mass is 10.1. The summed E-state index contributed by atoms with van der Waals surface area (Å²) in [4.78, 5) is 22.6. The van der Waals surface area contributed by atoms with Crippen LogP contribution in [0.5, 0.6) is 0 Å². The van der Waals surface area contributed by atoms with E-state index in [-0.39, 0.29) is 32.2 Å². The zero-order valence-corrected chi connectivity index (χ0v) is 37.9. The van der Waals surface area contributed by atoms with E-state index >= 15 is 0 Å². The molecule has 2 atom stereocenters. The molecule has 2 unspecified atom stereocenters. The average Bonchev–Trinajstić information content (AvgIpc) is 3.17. The third-order valence-corrected chi connectivity index (χ3v) is 10.0. The summed E-state index contributed by atoms with van der Waals surface area (Å²) in [6.45, 7) is 4.76. The van der Waals surface area contributed by atoms with Crippen LogP contribution >= 0.6 is 7.82 Å². The topological polar surface area (TPSA) is 91.3 Å². The van der Waals surface area contributed by atoms with Gasteiger partial charge in [-0.05, 0) is 89.5 Å². The number of allylic oxidation sites excluding steroid dienone is 13. The fourth-order valence-electron chi connectivity index (χ4n) is 5.45. The van der Waals surface area contributed by atoms with Crippen molar-refractivity contribution in [3.63, 3.8) is 0 Å². The first-order valence-corrected chi connectivity index (χ1v) is 23.9. The quantitative estimate of drug-likeness (QED) is 0.0164. The summed E-state index contributed by atoms with van der Waals surface area (Å²) in [6.07, 6.45) is 54.5. The number of esters is 1. The van der Waals surface area contributed by atoms with Crippen LogP contribution in [0.4, 0.5) is 0 Å². The smallest absolute Gasteiger partial charge is 0.472 e. The molecule has 0 fully saturated rings. The standard InChI is InChI=1S/C48H84NO7P/c1-6-8-10-12-14-16-18-20-22-24-25-26-27-29-31-33-35-37-39-41-48(50)54-45-47(46-56-57(51,52)55-44-42-49(3,4)5)53-43-40-38-36-34-32-30-28-23-21-19-17-15-13-11-9-7-2/h14,16-17,19-20,22,25-26,29,31,35,37,40,43,47H,6-13,15,18,21,23-24,27-28,30,32-34,36,38-39,41-42,44-46H2,1-5H3/p+1/b16-14-,19-17-,22-20-,26-25-,31-29-,37-35-,43-40-. The molecule has 0 amide bonds. The van der Waals surface area contributed by atoms with Crippen LogP contribution in [0, 0.1) is 0 Å². The van der Waals surface area contributed by atoms with Gasteiger partial charge < -0.3 is 18.9 Å². The normalized spacial score (nSPS) is 14.5. The second-order valence-corrected chi connectivity index (χ2v) is 17.2. The van der Waals surface area contributed by atoms with Gasteiger partial charge in [-0.2, -0.15) is 0 Å². The summed E-state index contributed by atoms with van der Waals surface area (Å²) in [5.41, 5.74) is 0. The lowest BCUT2D eigenvalue weighted by Crippen LogP contribution is -2.37. The van der Waals surface area contributed by atoms with Gasteiger partial charge >= 0.3 is 13.8 Å². The van der Waals surface area contributed by atoms with E-state index in [1.165, 1.54) is 89.9 Å². The van der Waals surface area contributed by atoms with Gasteiger partial charge in [0, 0.05) is 6.42 Å². The Balaban J connectivity index is 4.43. The maximum absolute atomic E-state index is 12.5. The van der Waals surface area contributed by atoms with Crippen LogP contribution in [-0.2, 0) is 27.9 Å². The molecule has 0 rings (SSSR count). The van der Waals surface area contributed by atoms with Crippen LogP contribution in [0.3, 0.4) is 0 Å². The van der Waals surface area contributed by atoms with Crippen LogP contribution in [0.1, 0.15) is 162 Å². The molecule has 0 spiro atoms. The first-order valence-electron chi connectivity index (χ1n) is 22.4. The molecule has 0 saturated heterocycles. The van der Waals surface area contributed by atoms with Gasteiger partial charge in [0.05, 0.1) is 34.0 Å². The van der Waals surface area contributed by atoms with Crippen LogP contribution in [0.15, 0.2) is 85.3 Å². The van der Waals surface area contributed by atoms with Crippen molar-refractivity contribution in [2.75, 3.05) is 47.5 Å². The van der Waals surface area contributed by atoms with E-state index in [2.05, 4.69) is 74.6 Å². The molecule has 0 aromatic heterocycles. The van der Waals surface area contributed by atoms with Crippen molar-refractivity contribution in [1.82, 2.24) is 0 Å². The van der Waals surface area contributed by atoms with E-state index in [1.807, 2.05) is 39.4 Å². The minimum atomic E-state index is -4.29. The number of rotatable bonds is 40. The van der Waals surface area contributed by atoms with Gasteiger partial charge in [0.15, 0.2) is 6.10 Å². The highest BCUT2D eigenvalue weighted by molar-refractivity contribution is 7.47. The number of nitrogens with zero attached hydrogens (tertiary/aromatic N) is 1. The molecule has 8 nitrogen and oxygen atoms in total. The molecule has 0 aliphatic carbocycles. The molecular weight excluding hydrogens is 734 g/mol.